The van der Waals surface area contributed by atoms with E-state index in [1.165, 1.54) is 5.56 Å². The first kappa shape index (κ1) is 12.3. The van der Waals surface area contributed by atoms with E-state index in [2.05, 4.69) is 34.9 Å². The van der Waals surface area contributed by atoms with Crippen LogP contribution in [0.15, 0.2) is 48.5 Å². The summed E-state index contributed by atoms with van der Waals surface area (Å²) in [6.45, 7) is 0.794. The molecule has 0 saturated carbocycles. The van der Waals surface area contributed by atoms with Crippen LogP contribution >= 0.6 is 0 Å². The summed E-state index contributed by atoms with van der Waals surface area (Å²) < 4.78 is 5.19. The smallest absolute Gasteiger partial charge is 0.120 e. The SMILES string of the molecule is CNc1cccc(CNc2cccc(OC)c2)c1. The topological polar surface area (TPSA) is 33.3 Å². The predicted octanol–water partition coefficient (Wildman–Crippen LogP) is 3.35. The molecular formula is C15H18N2O. The quantitative estimate of drug-likeness (QED) is 0.843. The summed E-state index contributed by atoms with van der Waals surface area (Å²) in [5.74, 6) is 0.865. The highest BCUT2D eigenvalue weighted by Crippen LogP contribution is 2.18. The van der Waals surface area contributed by atoms with Gasteiger partial charge in [-0.1, -0.05) is 18.2 Å². The summed E-state index contributed by atoms with van der Waals surface area (Å²) in [7, 11) is 3.60. The van der Waals surface area contributed by atoms with Gasteiger partial charge in [0.1, 0.15) is 5.75 Å². The molecule has 0 spiro atoms. The number of ether oxygens (including phenoxy) is 1. The lowest BCUT2D eigenvalue weighted by atomic mass is 10.2. The summed E-state index contributed by atoms with van der Waals surface area (Å²) in [6.07, 6.45) is 0. The first-order chi connectivity index (χ1) is 8.81. The molecule has 0 unspecified atom stereocenters. The van der Waals surface area contributed by atoms with Crippen LogP contribution < -0.4 is 15.4 Å². The molecule has 0 aliphatic rings. The molecule has 2 aromatic carbocycles. The maximum absolute atomic E-state index is 5.19. The summed E-state index contributed by atoms with van der Waals surface area (Å²) >= 11 is 0. The molecule has 2 aromatic rings. The molecule has 94 valence electrons. The van der Waals surface area contributed by atoms with Gasteiger partial charge in [0.2, 0.25) is 0 Å². The average Bonchev–Trinajstić information content (AvgIpc) is 2.45. The van der Waals surface area contributed by atoms with Gasteiger partial charge in [0.15, 0.2) is 0 Å². The van der Waals surface area contributed by atoms with Gasteiger partial charge in [0.25, 0.3) is 0 Å². The maximum atomic E-state index is 5.19. The van der Waals surface area contributed by atoms with Gasteiger partial charge >= 0.3 is 0 Å². The molecule has 0 aliphatic heterocycles. The zero-order chi connectivity index (χ0) is 12.8. The van der Waals surface area contributed by atoms with Gasteiger partial charge in [0, 0.05) is 31.0 Å². The highest BCUT2D eigenvalue weighted by Gasteiger charge is 1.97. The number of rotatable bonds is 5. The van der Waals surface area contributed by atoms with Gasteiger partial charge in [-0.3, -0.25) is 0 Å². The normalized spacial score (nSPS) is 9.89. The Hall–Kier alpha value is -2.16. The highest BCUT2D eigenvalue weighted by molar-refractivity contribution is 5.50. The Morgan fingerprint density at radius 3 is 2.56 bits per heavy atom. The summed E-state index contributed by atoms with van der Waals surface area (Å²) in [5, 5.41) is 6.52. The minimum Gasteiger partial charge on any atom is -0.497 e. The molecule has 0 bridgehead atoms. The molecule has 0 fully saturated rings. The molecule has 0 aliphatic carbocycles. The van der Waals surface area contributed by atoms with Gasteiger partial charge < -0.3 is 15.4 Å². The van der Waals surface area contributed by atoms with Crippen molar-refractivity contribution in [1.29, 1.82) is 0 Å². The summed E-state index contributed by atoms with van der Waals surface area (Å²) in [6, 6.07) is 16.3. The number of nitrogens with one attached hydrogen (secondary N) is 2. The molecule has 0 heterocycles. The Labute approximate surface area is 108 Å². The molecule has 0 amide bonds. The van der Waals surface area contributed by atoms with Gasteiger partial charge in [-0.2, -0.15) is 0 Å². The van der Waals surface area contributed by atoms with E-state index in [1.54, 1.807) is 7.11 Å². The molecule has 0 radical (unpaired) electrons. The number of anilines is 2. The van der Waals surface area contributed by atoms with E-state index in [0.29, 0.717) is 0 Å². The zero-order valence-corrected chi connectivity index (χ0v) is 10.7. The van der Waals surface area contributed by atoms with Crippen LogP contribution in [0.25, 0.3) is 0 Å². The molecule has 2 rings (SSSR count). The summed E-state index contributed by atoms with van der Waals surface area (Å²) in [4.78, 5) is 0. The van der Waals surface area contributed by atoms with Crippen LogP contribution in [0, 0.1) is 0 Å². The van der Waals surface area contributed by atoms with E-state index in [4.69, 9.17) is 4.74 Å². The van der Waals surface area contributed by atoms with Crippen LogP contribution in [0.5, 0.6) is 5.75 Å². The van der Waals surface area contributed by atoms with Gasteiger partial charge in [-0.15, -0.1) is 0 Å². The second kappa shape index (κ2) is 5.96. The number of methoxy groups -OCH3 is 1. The number of hydrogen-bond acceptors (Lipinski definition) is 3. The van der Waals surface area contributed by atoms with Crippen LogP contribution in [0.4, 0.5) is 11.4 Å². The third-order valence-electron chi connectivity index (χ3n) is 2.78. The highest BCUT2D eigenvalue weighted by atomic mass is 16.5. The average molecular weight is 242 g/mol. The Balaban J connectivity index is 2.01. The molecule has 3 nitrogen and oxygen atoms in total. The fraction of sp³-hybridized carbons (Fsp3) is 0.200. The van der Waals surface area contributed by atoms with Crippen molar-refractivity contribution in [3.63, 3.8) is 0 Å². The molecule has 0 aromatic heterocycles. The van der Waals surface area contributed by atoms with E-state index in [-0.39, 0.29) is 0 Å². The Morgan fingerprint density at radius 1 is 1.00 bits per heavy atom. The van der Waals surface area contributed by atoms with E-state index in [0.717, 1.165) is 23.7 Å². The predicted molar refractivity (Wildman–Crippen MR) is 76.3 cm³/mol. The lowest BCUT2D eigenvalue weighted by Gasteiger charge is -2.09. The van der Waals surface area contributed by atoms with E-state index >= 15 is 0 Å². The first-order valence-electron chi connectivity index (χ1n) is 5.96. The van der Waals surface area contributed by atoms with Gasteiger partial charge in [0.05, 0.1) is 7.11 Å². The van der Waals surface area contributed by atoms with Gasteiger partial charge in [-0.25, -0.2) is 0 Å². The second-order valence-electron chi connectivity index (χ2n) is 4.04. The van der Waals surface area contributed by atoms with Crippen LogP contribution in [-0.2, 0) is 6.54 Å². The van der Waals surface area contributed by atoms with Crippen LogP contribution in [-0.4, -0.2) is 14.2 Å². The van der Waals surface area contributed by atoms with Crippen LogP contribution in [0.2, 0.25) is 0 Å². The third-order valence-corrected chi connectivity index (χ3v) is 2.78. The lowest BCUT2D eigenvalue weighted by molar-refractivity contribution is 0.415. The summed E-state index contributed by atoms with van der Waals surface area (Å²) in [5.41, 5.74) is 3.42. The molecule has 18 heavy (non-hydrogen) atoms. The zero-order valence-electron chi connectivity index (χ0n) is 10.7. The van der Waals surface area contributed by atoms with Crippen LogP contribution in [0.3, 0.4) is 0 Å². The van der Waals surface area contributed by atoms with Crippen molar-refractivity contribution in [3.8, 4) is 5.75 Å². The van der Waals surface area contributed by atoms with E-state index in [1.807, 2.05) is 31.3 Å². The van der Waals surface area contributed by atoms with Crippen molar-refractivity contribution in [1.82, 2.24) is 0 Å². The minimum absolute atomic E-state index is 0.794. The fourth-order valence-electron chi connectivity index (χ4n) is 1.77. The van der Waals surface area contributed by atoms with Crippen molar-refractivity contribution >= 4 is 11.4 Å². The monoisotopic (exact) mass is 242 g/mol. The van der Waals surface area contributed by atoms with Crippen molar-refractivity contribution in [2.75, 3.05) is 24.8 Å². The molecule has 3 heteroatoms. The van der Waals surface area contributed by atoms with Crippen LogP contribution in [0.1, 0.15) is 5.56 Å². The van der Waals surface area contributed by atoms with Crippen molar-refractivity contribution in [2.24, 2.45) is 0 Å². The lowest BCUT2D eigenvalue weighted by Crippen LogP contribution is -2.00. The number of hydrogen-bond donors (Lipinski definition) is 2. The van der Waals surface area contributed by atoms with E-state index in [9.17, 15) is 0 Å². The standard InChI is InChI=1S/C15H18N2O/c1-16-13-6-3-5-12(9-13)11-17-14-7-4-8-15(10-14)18-2/h3-10,16-17H,11H2,1-2H3. The fourth-order valence-corrected chi connectivity index (χ4v) is 1.77. The third kappa shape index (κ3) is 3.17. The molecular weight excluding hydrogens is 224 g/mol. The largest absolute Gasteiger partial charge is 0.497 e. The molecule has 2 N–H and O–H groups in total. The van der Waals surface area contributed by atoms with Crippen molar-refractivity contribution in [3.05, 3.63) is 54.1 Å². The molecule has 0 saturated heterocycles. The maximum Gasteiger partial charge on any atom is 0.120 e. The Bertz CT molecular complexity index is 464. The van der Waals surface area contributed by atoms with Gasteiger partial charge in [-0.05, 0) is 29.8 Å². The Morgan fingerprint density at radius 2 is 1.78 bits per heavy atom. The van der Waals surface area contributed by atoms with E-state index < -0.39 is 0 Å². The first-order valence-corrected chi connectivity index (χ1v) is 5.96. The number of benzene rings is 2. The second-order valence-corrected chi connectivity index (χ2v) is 4.04. The molecule has 0 atom stereocenters. The Kier molecular flexibility index (Phi) is 4.07. The van der Waals surface area contributed by atoms with Crippen molar-refractivity contribution < 1.29 is 4.74 Å². The minimum atomic E-state index is 0.794. The van der Waals surface area contributed by atoms with Crippen molar-refractivity contribution in [2.45, 2.75) is 6.54 Å².